The number of anilines is 2. The quantitative estimate of drug-likeness (QED) is 0.653. The number of hydrogen-bond donors (Lipinski definition) is 4. The molecule has 1 aliphatic rings. The van der Waals surface area contributed by atoms with Gasteiger partial charge in [0, 0.05) is 33.0 Å². The topological polar surface area (TPSA) is 110 Å². The zero-order valence-electron chi connectivity index (χ0n) is 13.6. The number of H-pyrrole nitrogens is 2. The third-order valence-electron chi connectivity index (χ3n) is 4.08. The zero-order valence-corrected chi connectivity index (χ0v) is 13.6. The normalized spacial score (nSPS) is 14.1. The number of aromatic amines is 2. The Hall–Kier alpha value is -2.77. The SMILES string of the molecule is CC(=O)NCCC(=O)Nc1cc2[nH]c(=O)[nH]c2cc1N1CCCC1. The van der Waals surface area contributed by atoms with Gasteiger partial charge in [0.2, 0.25) is 11.8 Å². The maximum atomic E-state index is 12.1. The van der Waals surface area contributed by atoms with Crippen molar-refractivity contribution in [3.8, 4) is 0 Å². The molecule has 128 valence electrons. The number of hydrogen-bond acceptors (Lipinski definition) is 4. The van der Waals surface area contributed by atoms with Crippen LogP contribution >= 0.6 is 0 Å². The third-order valence-corrected chi connectivity index (χ3v) is 4.08. The number of carbonyl (C=O) groups is 2. The highest BCUT2D eigenvalue weighted by Crippen LogP contribution is 2.32. The number of fused-ring (bicyclic) bond motifs is 1. The molecule has 3 rings (SSSR count). The lowest BCUT2D eigenvalue weighted by molar-refractivity contribution is -0.119. The largest absolute Gasteiger partial charge is 0.370 e. The highest BCUT2D eigenvalue weighted by atomic mass is 16.2. The van der Waals surface area contributed by atoms with Crippen LogP contribution in [0, 0.1) is 0 Å². The number of imidazole rings is 1. The molecule has 1 saturated heterocycles. The Morgan fingerprint density at radius 3 is 2.50 bits per heavy atom. The summed E-state index contributed by atoms with van der Waals surface area (Å²) in [4.78, 5) is 42.2. The van der Waals surface area contributed by atoms with E-state index in [4.69, 9.17) is 0 Å². The molecule has 0 unspecified atom stereocenters. The predicted octanol–water partition coefficient (Wildman–Crippen LogP) is 0.921. The summed E-state index contributed by atoms with van der Waals surface area (Å²) in [6.07, 6.45) is 2.41. The first-order valence-corrected chi connectivity index (χ1v) is 8.08. The summed E-state index contributed by atoms with van der Waals surface area (Å²) in [7, 11) is 0. The van der Waals surface area contributed by atoms with Crippen LogP contribution in [0.2, 0.25) is 0 Å². The van der Waals surface area contributed by atoms with Gasteiger partial charge in [-0.2, -0.15) is 0 Å². The summed E-state index contributed by atoms with van der Waals surface area (Å²) in [5, 5.41) is 5.50. The maximum absolute atomic E-state index is 12.1. The summed E-state index contributed by atoms with van der Waals surface area (Å²) in [5.74, 6) is -0.340. The Bertz CT molecular complexity index is 817. The van der Waals surface area contributed by atoms with E-state index in [0.717, 1.165) is 37.1 Å². The molecule has 8 nitrogen and oxygen atoms in total. The minimum atomic E-state index is -0.272. The van der Waals surface area contributed by atoms with Crippen molar-refractivity contribution >= 4 is 34.2 Å². The summed E-state index contributed by atoms with van der Waals surface area (Å²) in [5.41, 5.74) is 2.68. The highest BCUT2D eigenvalue weighted by Gasteiger charge is 2.18. The monoisotopic (exact) mass is 331 g/mol. The Labute approximate surface area is 138 Å². The molecule has 2 heterocycles. The standard InChI is InChI=1S/C16H21N5O3/c1-10(22)17-5-4-15(23)18-13-8-11-12(20-16(24)19-11)9-14(13)21-6-2-3-7-21/h8-9H,2-7H2,1H3,(H,17,22)(H,18,23)(H2,19,20,24). The van der Waals surface area contributed by atoms with Crippen LogP contribution in [0.25, 0.3) is 11.0 Å². The van der Waals surface area contributed by atoms with Crippen LogP contribution in [-0.4, -0.2) is 41.4 Å². The van der Waals surface area contributed by atoms with Crippen molar-refractivity contribution < 1.29 is 9.59 Å². The fraction of sp³-hybridized carbons (Fsp3) is 0.438. The van der Waals surface area contributed by atoms with Gasteiger partial charge in [0.1, 0.15) is 0 Å². The van der Waals surface area contributed by atoms with Crippen LogP contribution in [0.4, 0.5) is 11.4 Å². The van der Waals surface area contributed by atoms with E-state index in [-0.39, 0.29) is 23.9 Å². The summed E-state index contributed by atoms with van der Waals surface area (Å²) >= 11 is 0. The van der Waals surface area contributed by atoms with Crippen LogP contribution < -0.4 is 21.2 Å². The van der Waals surface area contributed by atoms with Crippen LogP contribution in [0.3, 0.4) is 0 Å². The van der Waals surface area contributed by atoms with Crippen LogP contribution in [0.5, 0.6) is 0 Å². The number of nitrogens with zero attached hydrogens (tertiary/aromatic N) is 1. The molecule has 2 aromatic rings. The molecule has 0 bridgehead atoms. The highest BCUT2D eigenvalue weighted by molar-refractivity contribution is 5.98. The van der Waals surface area contributed by atoms with Gasteiger partial charge in [0.15, 0.2) is 0 Å². The Kier molecular flexibility index (Phi) is 4.54. The number of benzene rings is 1. The lowest BCUT2D eigenvalue weighted by Crippen LogP contribution is -2.26. The first kappa shape index (κ1) is 16.1. The summed E-state index contributed by atoms with van der Waals surface area (Å²) in [6, 6.07) is 3.67. The van der Waals surface area contributed by atoms with E-state index < -0.39 is 0 Å². The number of aromatic nitrogens is 2. The molecule has 0 radical (unpaired) electrons. The second-order valence-corrected chi connectivity index (χ2v) is 5.97. The fourth-order valence-corrected chi connectivity index (χ4v) is 2.96. The smallest absolute Gasteiger partial charge is 0.323 e. The van der Waals surface area contributed by atoms with Crippen LogP contribution in [0.15, 0.2) is 16.9 Å². The molecule has 0 saturated carbocycles. The first-order chi connectivity index (χ1) is 11.5. The molecule has 1 aromatic heterocycles. The van der Waals surface area contributed by atoms with E-state index in [1.807, 2.05) is 6.07 Å². The second-order valence-electron chi connectivity index (χ2n) is 5.97. The van der Waals surface area contributed by atoms with Gasteiger partial charge in [-0.25, -0.2) is 4.79 Å². The fourth-order valence-electron chi connectivity index (χ4n) is 2.96. The number of amides is 2. The van der Waals surface area contributed by atoms with E-state index in [9.17, 15) is 14.4 Å². The molecule has 1 aliphatic heterocycles. The molecule has 2 amide bonds. The molecular formula is C16H21N5O3. The second kappa shape index (κ2) is 6.77. The van der Waals surface area contributed by atoms with Crippen molar-refractivity contribution in [2.45, 2.75) is 26.2 Å². The minimum absolute atomic E-state index is 0.160. The summed E-state index contributed by atoms with van der Waals surface area (Å²) < 4.78 is 0. The Balaban J connectivity index is 1.83. The molecule has 4 N–H and O–H groups in total. The number of rotatable bonds is 5. The van der Waals surface area contributed by atoms with Crippen molar-refractivity contribution in [2.75, 3.05) is 29.9 Å². The molecule has 0 atom stereocenters. The maximum Gasteiger partial charge on any atom is 0.323 e. The Morgan fingerprint density at radius 2 is 1.83 bits per heavy atom. The average Bonchev–Trinajstić information content (AvgIpc) is 3.14. The van der Waals surface area contributed by atoms with Gasteiger partial charge < -0.3 is 25.5 Å². The first-order valence-electron chi connectivity index (χ1n) is 8.08. The van der Waals surface area contributed by atoms with Gasteiger partial charge in [0.25, 0.3) is 0 Å². The van der Waals surface area contributed by atoms with E-state index in [1.165, 1.54) is 6.92 Å². The molecule has 1 fully saturated rings. The molecule has 0 aliphatic carbocycles. The third kappa shape index (κ3) is 3.58. The van der Waals surface area contributed by atoms with Crippen molar-refractivity contribution in [3.63, 3.8) is 0 Å². The summed E-state index contributed by atoms with van der Waals surface area (Å²) in [6.45, 7) is 3.56. The van der Waals surface area contributed by atoms with Gasteiger partial charge in [0.05, 0.1) is 22.4 Å². The number of carbonyl (C=O) groups excluding carboxylic acids is 2. The van der Waals surface area contributed by atoms with Crippen molar-refractivity contribution in [2.24, 2.45) is 0 Å². The van der Waals surface area contributed by atoms with Gasteiger partial charge in [-0.3, -0.25) is 9.59 Å². The lowest BCUT2D eigenvalue weighted by atomic mass is 10.2. The van der Waals surface area contributed by atoms with Gasteiger partial charge >= 0.3 is 5.69 Å². The van der Waals surface area contributed by atoms with Gasteiger partial charge in [-0.15, -0.1) is 0 Å². The van der Waals surface area contributed by atoms with Gasteiger partial charge in [-0.1, -0.05) is 0 Å². The Morgan fingerprint density at radius 1 is 1.17 bits per heavy atom. The van der Waals surface area contributed by atoms with Gasteiger partial charge in [-0.05, 0) is 25.0 Å². The van der Waals surface area contributed by atoms with E-state index >= 15 is 0 Å². The van der Waals surface area contributed by atoms with E-state index in [2.05, 4.69) is 25.5 Å². The average molecular weight is 331 g/mol. The van der Waals surface area contributed by atoms with Crippen LogP contribution in [0.1, 0.15) is 26.2 Å². The molecular weight excluding hydrogens is 310 g/mol. The van der Waals surface area contributed by atoms with Crippen molar-refractivity contribution in [1.82, 2.24) is 15.3 Å². The minimum Gasteiger partial charge on any atom is -0.370 e. The number of nitrogens with one attached hydrogen (secondary N) is 4. The van der Waals surface area contributed by atoms with Crippen molar-refractivity contribution in [3.05, 3.63) is 22.6 Å². The predicted molar refractivity (Wildman–Crippen MR) is 92.3 cm³/mol. The van der Waals surface area contributed by atoms with Crippen molar-refractivity contribution in [1.29, 1.82) is 0 Å². The lowest BCUT2D eigenvalue weighted by Gasteiger charge is -2.22. The van der Waals surface area contributed by atoms with Crippen LogP contribution in [-0.2, 0) is 9.59 Å². The zero-order chi connectivity index (χ0) is 17.1. The van der Waals surface area contributed by atoms with E-state index in [1.54, 1.807) is 6.07 Å². The van der Waals surface area contributed by atoms with E-state index in [0.29, 0.717) is 17.7 Å². The molecule has 1 aromatic carbocycles. The molecule has 24 heavy (non-hydrogen) atoms. The molecule has 8 heteroatoms. The molecule has 0 spiro atoms.